The second-order valence-electron chi connectivity index (χ2n) is 4.91. The quantitative estimate of drug-likeness (QED) is 0.738. The van der Waals surface area contributed by atoms with Crippen LogP contribution >= 0.6 is 0 Å². The third-order valence-corrected chi connectivity index (χ3v) is 3.39. The average Bonchev–Trinajstić information content (AvgIpc) is 2.99. The van der Waals surface area contributed by atoms with Crippen LogP contribution in [0.3, 0.4) is 0 Å². The van der Waals surface area contributed by atoms with Gasteiger partial charge in [-0.15, -0.1) is 0 Å². The fourth-order valence-corrected chi connectivity index (χ4v) is 2.31. The topological polar surface area (TPSA) is 34.4 Å². The van der Waals surface area contributed by atoms with E-state index in [1.54, 1.807) is 0 Å². The molecule has 0 amide bonds. The highest BCUT2D eigenvalue weighted by Crippen LogP contribution is 2.26. The van der Waals surface area contributed by atoms with Gasteiger partial charge in [0.2, 0.25) is 0 Å². The van der Waals surface area contributed by atoms with Crippen LogP contribution in [0.15, 0.2) is 59.0 Å². The van der Waals surface area contributed by atoms with E-state index in [1.807, 2.05) is 36.4 Å². The molecule has 2 aromatic carbocycles. The molecule has 0 fully saturated rings. The zero-order valence-electron chi connectivity index (χ0n) is 12.1. The number of rotatable bonds is 6. The fourth-order valence-electron chi connectivity index (χ4n) is 2.31. The Bertz CT molecular complexity index is 713. The lowest BCUT2D eigenvalue weighted by atomic mass is 10.1. The first-order chi connectivity index (χ1) is 10.4. The molecule has 0 unspecified atom stereocenters. The van der Waals surface area contributed by atoms with E-state index in [9.17, 15) is 0 Å². The molecular formula is C18H19NO2. The standard InChI is InChI=1S/C18H19NO2/c1-2-19-12-15-10-11-16(21-15)13-20-18-9-5-7-14-6-3-4-8-17(14)18/h3-11,19H,2,12-13H2,1H3. The molecule has 108 valence electrons. The zero-order valence-corrected chi connectivity index (χ0v) is 12.1. The molecule has 1 N–H and O–H groups in total. The Morgan fingerprint density at radius 1 is 0.952 bits per heavy atom. The molecule has 0 atom stereocenters. The van der Waals surface area contributed by atoms with E-state index in [1.165, 1.54) is 5.39 Å². The van der Waals surface area contributed by atoms with Crippen molar-refractivity contribution in [3.8, 4) is 5.75 Å². The molecule has 0 saturated heterocycles. The molecule has 0 spiro atoms. The van der Waals surface area contributed by atoms with Crippen molar-refractivity contribution in [3.05, 3.63) is 66.1 Å². The van der Waals surface area contributed by atoms with Gasteiger partial charge in [0, 0.05) is 5.39 Å². The summed E-state index contributed by atoms with van der Waals surface area (Å²) in [6.07, 6.45) is 0. The molecule has 0 radical (unpaired) electrons. The summed E-state index contributed by atoms with van der Waals surface area (Å²) < 4.78 is 11.6. The van der Waals surface area contributed by atoms with Crippen LogP contribution < -0.4 is 10.1 Å². The van der Waals surface area contributed by atoms with Crippen LogP contribution in [0.2, 0.25) is 0 Å². The summed E-state index contributed by atoms with van der Waals surface area (Å²) in [6, 6.07) is 18.3. The van der Waals surface area contributed by atoms with Gasteiger partial charge < -0.3 is 14.5 Å². The fraction of sp³-hybridized carbons (Fsp3) is 0.222. The predicted molar refractivity (Wildman–Crippen MR) is 84.4 cm³/mol. The summed E-state index contributed by atoms with van der Waals surface area (Å²) in [5.41, 5.74) is 0. The molecule has 3 nitrogen and oxygen atoms in total. The van der Waals surface area contributed by atoms with Crippen LogP contribution in [0.4, 0.5) is 0 Å². The first kappa shape index (κ1) is 13.7. The summed E-state index contributed by atoms with van der Waals surface area (Å²) in [4.78, 5) is 0. The smallest absolute Gasteiger partial charge is 0.146 e. The van der Waals surface area contributed by atoms with Crippen LogP contribution in [-0.4, -0.2) is 6.54 Å². The molecule has 0 aliphatic rings. The minimum Gasteiger partial charge on any atom is -0.485 e. The molecule has 0 aliphatic carbocycles. The molecule has 21 heavy (non-hydrogen) atoms. The summed E-state index contributed by atoms with van der Waals surface area (Å²) in [7, 11) is 0. The van der Waals surface area contributed by atoms with Crippen molar-refractivity contribution in [2.24, 2.45) is 0 Å². The molecular weight excluding hydrogens is 262 g/mol. The molecule has 0 aliphatic heterocycles. The van der Waals surface area contributed by atoms with Gasteiger partial charge in [-0.05, 0) is 30.1 Å². The Balaban J connectivity index is 1.70. The number of nitrogens with one attached hydrogen (secondary N) is 1. The van der Waals surface area contributed by atoms with Crippen molar-refractivity contribution in [2.45, 2.75) is 20.1 Å². The van der Waals surface area contributed by atoms with E-state index in [-0.39, 0.29) is 0 Å². The number of fused-ring (bicyclic) bond motifs is 1. The summed E-state index contributed by atoms with van der Waals surface area (Å²) >= 11 is 0. The van der Waals surface area contributed by atoms with Gasteiger partial charge in [-0.1, -0.05) is 43.3 Å². The van der Waals surface area contributed by atoms with Crippen molar-refractivity contribution >= 4 is 10.8 Å². The van der Waals surface area contributed by atoms with E-state index < -0.39 is 0 Å². The normalized spacial score (nSPS) is 10.9. The second-order valence-corrected chi connectivity index (χ2v) is 4.91. The van der Waals surface area contributed by atoms with E-state index in [2.05, 4.69) is 30.4 Å². The van der Waals surface area contributed by atoms with Crippen LogP contribution in [-0.2, 0) is 13.2 Å². The first-order valence-electron chi connectivity index (χ1n) is 7.25. The monoisotopic (exact) mass is 281 g/mol. The number of benzene rings is 2. The highest BCUT2D eigenvalue weighted by molar-refractivity contribution is 5.88. The maximum Gasteiger partial charge on any atom is 0.146 e. The maximum atomic E-state index is 5.91. The van der Waals surface area contributed by atoms with Crippen molar-refractivity contribution in [1.29, 1.82) is 0 Å². The lowest BCUT2D eigenvalue weighted by Crippen LogP contribution is -2.10. The average molecular weight is 281 g/mol. The number of furan rings is 1. The Morgan fingerprint density at radius 3 is 2.67 bits per heavy atom. The van der Waals surface area contributed by atoms with Crippen molar-refractivity contribution in [3.63, 3.8) is 0 Å². The second kappa shape index (κ2) is 6.46. The third-order valence-electron chi connectivity index (χ3n) is 3.39. The van der Waals surface area contributed by atoms with Crippen LogP contribution in [0.1, 0.15) is 18.4 Å². The van der Waals surface area contributed by atoms with Crippen molar-refractivity contribution < 1.29 is 9.15 Å². The maximum absolute atomic E-state index is 5.91. The first-order valence-corrected chi connectivity index (χ1v) is 7.25. The highest BCUT2D eigenvalue weighted by atomic mass is 16.5. The van der Waals surface area contributed by atoms with Crippen molar-refractivity contribution in [1.82, 2.24) is 5.32 Å². The lowest BCUT2D eigenvalue weighted by Gasteiger charge is -2.08. The number of hydrogen-bond donors (Lipinski definition) is 1. The third kappa shape index (κ3) is 3.26. The van der Waals surface area contributed by atoms with E-state index in [0.717, 1.165) is 35.7 Å². The highest BCUT2D eigenvalue weighted by Gasteiger charge is 2.05. The summed E-state index contributed by atoms with van der Waals surface area (Å²) in [5.74, 6) is 2.67. The summed E-state index contributed by atoms with van der Waals surface area (Å²) in [6.45, 7) is 4.21. The molecule has 1 aromatic heterocycles. The molecule has 0 bridgehead atoms. The van der Waals surface area contributed by atoms with E-state index in [0.29, 0.717) is 6.61 Å². The molecule has 3 rings (SSSR count). The SMILES string of the molecule is CCNCc1ccc(COc2cccc3ccccc23)o1. The molecule has 3 aromatic rings. The molecule has 1 heterocycles. The lowest BCUT2D eigenvalue weighted by molar-refractivity contribution is 0.268. The minimum absolute atomic E-state index is 0.445. The Labute approximate surface area is 124 Å². The summed E-state index contributed by atoms with van der Waals surface area (Å²) in [5, 5.41) is 5.55. The minimum atomic E-state index is 0.445. The number of hydrogen-bond acceptors (Lipinski definition) is 3. The van der Waals surface area contributed by atoms with Gasteiger partial charge in [-0.2, -0.15) is 0 Å². The Kier molecular flexibility index (Phi) is 4.22. The van der Waals surface area contributed by atoms with Crippen molar-refractivity contribution in [2.75, 3.05) is 6.54 Å². The van der Waals surface area contributed by atoms with Gasteiger partial charge in [0.1, 0.15) is 23.9 Å². The van der Waals surface area contributed by atoms with Gasteiger partial charge in [0.15, 0.2) is 0 Å². The zero-order chi connectivity index (χ0) is 14.5. The van der Waals surface area contributed by atoms with Gasteiger partial charge in [-0.25, -0.2) is 0 Å². The van der Waals surface area contributed by atoms with Crippen LogP contribution in [0.25, 0.3) is 10.8 Å². The molecule has 0 saturated carbocycles. The molecule has 3 heteroatoms. The predicted octanol–water partition coefficient (Wildman–Crippen LogP) is 4.12. The number of ether oxygens (including phenoxy) is 1. The van der Waals surface area contributed by atoms with Gasteiger partial charge in [0.25, 0.3) is 0 Å². The largest absolute Gasteiger partial charge is 0.485 e. The van der Waals surface area contributed by atoms with Gasteiger partial charge in [-0.3, -0.25) is 0 Å². The van der Waals surface area contributed by atoms with Crippen LogP contribution in [0, 0.1) is 0 Å². The Hall–Kier alpha value is -2.26. The van der Waals surface area contributed by atoms with E-state index >= 15 is 0 Å². The Morgan fingerprint density at radius 2 is 1.76 bits per heavy atom. The van der Waals surface area contributed by atoms with Gasteiger partial charge in [0.05, 0.1) is 6.54 Å². The van der Waals surface area contributed by atoms with E-state index in [4.69, 9.17) is 9.15 Å². The van der Waals surface area contributed by atoms with Gasteiger partial charge >= 0.3 is 0 Å². The van der Waals surface area contributed by atoms with Crippen LogP contribution in [0.5, 0.6) is 5.75 Å².